The van der Waals surface area contributed by atoms with E-state index in [1.165, 1.54) is 11.3 Å². The van der Waals surface area contributed by atoms with Gasteiger partial charge in [0.1, 0.15) is 0 Å². The molecule has 126 valence electrons. The molecule has 2 amide bonds. The van der Waals surface area contributed by atoms with Crippen LogP contribution in [0.1, 0.15) is 23.5 Å². The first-order chi connectivity index (χ1) is 11.6. The third kappa shape index (κ3) is 3.36. The molecule has 1 saturated heterocycles. The maximum absolute atomic E-state index is 12.9. The average molecular weight is 342 g/mol. The molecule has 0 spiro atoms. The molecule has 5 heteroatoms. The second-order valence-corrected chi connectivity index (χ2v) is 7.22. The van der Waals surface area contributed by atoms with Crippen molar-refractivity contribution in [2.75, 3.05) is 26.2 Å². The maximum Gasteiger partial charge on any atom is 0.264 e. The molecule has 4 nitrogen and oxygen atoms in total. The predicted octanol–water partition coefficient (Wildman–Crippen LogP) is 3.36. The minimum absolute atomic E-state index is 0.00855. The summed E-state index contributed by atoms with van der Waals surface area (Å²) in [6.07, 6.45) is 0. The molecule has 1 aromatic carbocycles. The maximum atomic E-state index is 12.9. The van der Waals surface area contributed by atoms with Crippen LogP contribution in [0.4, 0.5) is 0 Å². The minimum Gasteiger partial charge on any atom is -0.339 e. The van der Waals surface area contributed by atoms with Crippen LogP contribution in [0.3, 0.4) is 0 Å². The van der Waals surface area contributed by atoms with E-state index in [0.717, 1.165) is 16.0 Å². The Bertz CT molecular complexity index is 716. The Hall–Kier alpha value is -2.14. The van der Waals surface area contributed by atoms with Crippen LogP contribution in [0.2, 0.25) is 0 Å². The molecule has 2 heterocycles. The van der Waals surface area contributed by atoms with Gasteiger partial charge < -0.3 is 9.80 Å². The van der Waals surface area contributed by atoms with Gasteiger partial charge in [-0.1, -0.05) is 44.2 Å². The van der Waals surface area contributed by atoms with Crippen LogP contribution in [-0.4, -0.2) is 47.8 Å². The zero-order valence-electron chi connectivity index (χ0n) is 14.1. The summed E-state index contributed by atoms with van der Waals surface area (Å²) in [7, 11) is 0. The smallest absolute Gasteiger partial charge is 0.264 e. The van der Waals surface area contributed by atoms with Crippen molar-refractivity contribution in [2.24, 2.45) is 5.92 Å². The van der Waals surface area contributed by atoms with E-state index >= 15 is 0 Å². The average Bonchev–Trinajstić information content (AvgIpc) is 3.11. The first-order valence-corrected chi connectivity index (χ1v) is 9.17. The van der Waals surface area contributed by atoms with Crippen molar-refractivity contribution in [2.45, 2.75) is 13.8 Å². The Morgan fingerprint density at radius 1 is 0.958 bits per heavy atom. The van der Waals surface area contributed by atoms with Gasteiger partial charge in [-0.25, -0.2) is 0 Å². The molecule has 1 fully saturated rings. The molecule has 0 bridgehead atoms. The molecule has 1 aliphatic rings. The number of carbonyl (C=O) groups excluding carboxylic acids is 2. The van der Waals surface area contributed by atoms with Gasteiger partial charge in [0.15, 0.2) is 0 Å². The quantitative estimate of drug-likeness (QED) is 0.858. The highest BCUT2D eigenvalue weighted by Gasteiger charge is 2.27. The number of carbonyl (C=O) groups is 2. The summed E-state index contributed by atoms with van der Waals surface area (Å²) in [6, 6.07) is 12.0. The van der Waals surface area contributed by atoms with Crippen molar-refractivity contribution in [1.82, 2.24) is 9.80 Å². The molecular weight excluding hydrogens is 320 g/mol. The van der Waals surface area contributed by atoms with Gasteiger partial charge in [-0.2, -0.15) is 0 Å². The number of hydrogen-bond donors (Lipinski definition) is 0. The van der Waals surface area contributed by atoms with Gasteiger partial charge >= 0.3 is 0 Å². The highest BCUT2D eigenvalue weighted by molar-refractivity contribution is 7.12. The summed E-state index contributed by atoms with van der Waals surface area (Å²) in [6.45, 7) is 6.27. The third-order valence-corrected chi connectivity index (χ3v) is 5.22. The number of amides is 2. The Morgan fingerprint density at radius 2 is 1.58 bits per heavy atom. The molecule has 1 aromatic heterocycles. The SMILES string of the molecule is CC(C)C(=O)N1CCN(C(=O)c2sccc2-c2ccccc2)CC1. The van der Waals surface area contributed by atoms with Crippen LogP contribution >= 0.6 is 11.3 Å². The van der Waals surface area contributed by atoms with Crippen LogP contribution in [-0.2, 0) is 4.79 Å². The summed E-state index contributed by atoms with van der Waals surface area (Å²) < 4.78 is 0. The van der Waals surface area contributed by atoms with Gasteiger partial charge in [0.2, 0.25) is 5.91 Å². The molecule has 0 aliphatic carbocycles. The van der Waals surface area contributed by atoms with Crippen molar-refractivity contribution in [3.05, 3.63) is 46.7 Å². The van der Waals surface area contributed by atoms with Gasteiger partial charge in [0.05, 0.1) is 4.88 Å². The lowest BCUT2D eigenvalue weighted by molar-refractivity contribution is -0.135. The van der Waals surface area contributed by atoms with Crippen molar-refractivity contribution in [1.29, 1.82) is 0 Å². The Labute approximate surface area is 146 Å². The summed E-state index contributed by atoms with van der Waals surface area (Å²) in [5.41, 5.74) is 2.06. The molecular formula is C19H22N2O2S. The van der Waals surface area contributed by atoms with Gasteiger partial charge in [0, 0.05) is 37.7 Å². The van der Waals surface area contributed by atoms with Gasteiger partial charge in [-0.3, -0.25) is 9.59 Å². The second-order valence-electron chi connectivity index (χ2n) is 6.30. The van der Waals surface area contributed by atoms with Crippen LogP contribution in [0, 0.1) is 5.92 Å². The topological polar surface area (TPSA) is 40.6 Å². The van der Waals surface area contributed by atoms with Crippen molar-refractivity contribution < 1.29 is 9.59 Å². The lowest BCUT2D eigenvalue weighted by atomic mass is 10.1. The molecule has 0 N–H and O–H groups in total. The van der Waals surface area contributed by atoms with E-state index in [2.05, 4.69) is 0 Å². The van der Waals surface area contributed by atoms with E-state index in [9.17, 15) is 9.59 Å². The van der Waals surface area contributed by atoms with Gasteiger partial charge in [0.25, 0.3) is 5.91 Å². The molecule has 24 heavy (non-hydrogen) atoms. The van der Waals surface area contributed by atoms with E-state index in [4.69, 9.17) is 0 Å². The van der Waals surface area contributed by atoms with Crippen LogP contribution < -0.4 is 0 Å². The number of benzene rings is 1. The van der Waals surface area contributed by atoms with Gasteiger partial charge in [-0.05, 0) is 17.0 Å². The fraction of sp³-hybridized carbons (Fsp3) is 0.368. The number of rotatable bonds is 3. The van der Waals surface area contributed by atoms with E-state index in [0.29, 0.717) is 26.2 Å². The predicted molar refractivity (Wildman–Crippen MR) is 97.1 cm³/mol. The highest BCUT2D eigenvalue weighted by Crippen LogP contribution is 2.29. The Kier molecular flexibility index (Phi) is 5.00. The number of thiophene rings is 1. The second kappa shape index (κ2) is 7.18. The Morgan fingerprint density at radius 3 is 2.21 bits per heavy atom. The van der Waals surface area contributed by atoms with E-state index in [-0.39, 0.29) is 17.7 Å². The van der Waals surface area contributed by atoms with E-state index in [1.807, 2.05) is 65.4 Å². The third-order valence-electron chi connectivity index (χ3n) is 4.32. The monoisotopic (exact) mass is 342 g/mol. The molecule has 3 rings (SSSR count). The molecule has 0 atom stereocenters. The number of piperazine rings is 1. The zero-order chi connectivity index (χ0) is 17.1. The minimum atomic E-state index is 0.00855. The molecule has 0 radical (unpaired) electrons. The summed E-state index contributed by atoms with van der Waals surface area (Å²) in [5.74, 6) is 0.248. The van der Waals surface area contributed by atoms with Crippen molar-refractivity contribution in [3.63, 3.8) is 0 Å². The lowest BCUT2D eigenvalue weighted by Crippen LogP contribution is -2.51. The summed E-state index contributed by atoms with van der Waals surface area (Å²) in [5, 5.41) is 1.97. The Balaban J connectivity index is 1.71. The van der Waals surface area contributed by atoms with Crippen LogP contribution in [0.25, 0.3) is 11.1 Å². The van der Waals surface area contributed by atoms with Gasteiger partial charge in [-0.15, -0.1) is 11.3 Å². The van der Waals surface area contributed by atoms with Crippen LogP contribution in [0.15, 0.2) is 41.8 Å². The van der Waals surface area contributed by atoms with E-state index in [1.54, 1.807) is 0 Å². The molecule has 0 saturated carbocycles. The lowest BCUT2D eigenvalue weighted by Gasteiger charge is -2.35. The molecule has 2 aromatic rings. The molecule has 1 aliphatic heterocycles. The standard InChI is InChI=1S/C19H22N2O2S/c1-14(2)18(22)20-9-11-21(12-10-20)19(23)17-16(8-13-24-17)15-6-4-3-5-7-15/h3-8,13-14H,9-12H2,1-2H3. The fourth-order valence-corrected chi connectivity index (χ4v) is 3.84. The zero-order valence-corrected chi connectivity index (χ0v) is 14.9. The first kappa shape index (κ1) is 16.7. The summed E-state index contributed by atoms with van der Waals surface area (Å²) >= 11 is 1.49. The van der Waals surface area contributed by atoms with E-state index < -0.39 is 0 Å². The number of hydrogen-bond acceptors (Lipinski definition) is 3. The van der Waals surface area contributed by atoms with Crippen molar-refractivity contribution in [3.8, 4) is 11.1 Å². The first-order valence-electron chi connectivity index (χ1n) is 8.29. The number of nitrogens with zero attached hydrogens (tertiary/aromatic N) is 2. The molecule has 0 unspecified atom stereocenters. The van der Waals surface area contributed by atoms with Crippen LogP contribution in [0.5, 0.6) is 0 Å². The van der Waals surface area contributed by atoms with Crippen molar-refractivity contribution >= 4 is 23.2 Å². The summed E-state index contributed by atoms with van der Waals surface area (Å²) in [4.78, 5) is 29.5. The fourth-order valence-electron chi connectivity index (χ4n) is 2.96. The highest BCUT2D eigenvalue weighted by atomic mass is 32.1. The normalized spacial score (nSPS) is 15.0. The largest absolute Gasteiger partial charge is 0.339 e.